The Hall–Kier alpha value is -2.79. The number of aromatic nitrogens is 1. The Morgan fingerprint density at radius 2 is 2.00 bits per heavy atom. The number of halogens is 1. The van der Waals surface area contributed by atoms with Crippen LogP contribution in [0, 0.1) is 6.92 Å². The van der Waals surface area contributed by atoms with Crippen LogP contribution in [0.4, 0.5) is 5.69 Å². The van der Waals surface area contributed by atoms with E-state index < -0.39 is 0 Å². The number of carbonyl (C=O) groups is 1. The van der Waals surface area contributed by atoms with E-state index in [1.807, 2.05) is 37.3 Å². The van der Waals surface area contributed by atoms with Gasteiger partial charge in [-0.3, -0.25) is 4.79 Å². The fourth-order valence-corrected chi connectivity index (χ4v) is 2.74. The summed E-state index contributed by atoms with van der Waals surface area (Å²) in [5.74, 6) is 1.87. The van der Waals surface area contributed by atoms with Crippen LogP contribution in [-0.4, -0.2) is 18.0 Å². The molecule has 0 aliphatic rings. The number of methoxy groups -OCH3 is 1. The molecule has 2 aromatic carbocycles. The van der Waals surface area contributed by atoms with Gasteiger partial charge in [-0.15, -0.1) is 0 Å². The summed E-state index contributed by atoms with van der Waals surface area (Å²) < 4.78 is 10.9. The standard InChI is InChI=1S/C20H19ClN2O3/c1-13-11-15(21)5-8-17(13)23-19(24)9-10-20-22-12-18(26-20)14-3-6-16(25-2)7-4-14/h3-8,11-12H,9-10H2,1-2H3,(H,23,24). The van der Waals surface area contributed by atoms with Crippen molar-refractivity contribution in [3.8, 4) is 17.1 Å². The third kappa shape index (κ3) is 4.43. The molecule has 0 aliphatic heterocycles. The minimum atomic E-state index is -0.0976. The number of oxazole rings is 1. The van der Waals surface area contributed by atoms with E-state index in [0.717, 1.165) is 22.6 Å². The predicted octanol–water partition coefficient (Wildman–Crippen LogP) is 4.88. The zero-order valence-corrected chi connectivity index (χ0v) is 15.3. The molecule has 6 heteroatoms. The van der Waals surface area contributed by atoms with E-state index in [0.29, 0.717) is 23.1 Å². The minimum absolute atomic E-state index is 0.0976. The number of rotatable bonds is 6. The summed E-state index contributed by atoms with van der Waals surface area (Å²) in [7, 11) is 1.62. The number of benzene rings is 2. The Morgan fingerprint density at radius 1 is 1.23 bits per heavy atom. The second-order valence-electron chi connectivity index (χ2n) is 5.85. The second-order valence-corrected chi connectivity index (χ2v) is 6.29. The van der Waals surface area contributed by atoms with Crippen molar-refractivity contribution in [2.45, 2.75) is 19.8 Å². The maximum atomic E-state index is 12.1. The third-order valence-electron chi connectivity index (χ3n) is 3.96. The van der Waals surface area contributed by atoms with Crippen LogP contribution in [-0.2, 0) is 11.2 Å². The van der Waals surface area contributed by atoms with E-state index in [1.165, 1.54) is 0 Å². The molecule has 26 heavy (non-hydrogen) atoms. The van der Waals surface area contributed by atoms with Crippen LogP contribution < -0.4 is 10.1 Å². The molecule has 0 saturated carbocycles. The van der Waals surface area contributed by atoms with Crippen LogP contribution in [0.2, 0.25) is 5.02 Å². The van der Waals surface area contributed by atoms with Gasteiger partial charge in [-0.05, 0) is 55.0 Å². The average molecular weight is 371 g/mol. The number of anilines is 1. The predicted molar refractivity (Wildman–Crippen MR) is 102 cm³/mol. The highest BCUT2D eigenvalue weighted by molar-refractivity contribution is 6.30. The van der Waals surface area contributed by atoms with Crippen molar-refractivity contribution in [2.24, 2.45) is 0 Å². The van der Waals surface area contributed by atoms with Gasteiger partial charge >= 0.3 is 0 Å². The molecular formula is C20H19ClN2O3. The highest BCUT2D eigenvalue weighted by Gasteiger charge is 2.10. The lowest BCUT2D eigenvalue weighted by Gasteiger charge is -2.08. The van der Waals surface area contributed by atoms with Gasteiger partial charge in [-0.25, -0.2) is 4.98 Å². The summed E-state index contributed by atoms with van der Waals surface area (Å²) in [6, 6.07) is 12.9. The largest absolute Gasteiger partial charge is 0.497 e. The molecule has 0 radical (unpaired) electrons. The second kappa shape index (κ2) is 8.06. The fourth-order valence-electron chi connectivity index (χ4n) is 2.52. The van der Waals surface area contributed by atoms with E-state index in [2.05, 4.69) is 10.3 Å². The van der Waals surface area contributed by atoms with Gasteiger partial charge in [0.2, 0.25) is 5.91 Å². The number of carbonyl (C=O) groups excluding carboxylic acids is 1. The van der Waals surface area contributed by atoms with Gasteiger partial charge < -0.3 is 14.5 Å². The molecule has 0 bridgehead atoms. The van der Waals surface area contributed by atoms with Crippen LogP contribution >= 0.6 is 11.6 Å². The first-order valence-electron chi connectivity index (χ1n) is 8.20. The number of amides is 1. The Kier molecular flexibility index (Phi) is 5.58. The maximum Gasteiger partial charge on any atom is 0.224 e. The number of hydrogen-bond acceptors (Lipinski definition) is 4. The van der Waals surface area contributed by atoms with Crippen molar-refractivity contribution in [1.29, 1.82) is 0 Å². The topological polar surface area (TPSA) is 64.4 Å². The Bertz CT molecular complexity index is 904. The highest BCUT2D eigenvalue weighted by Crippen LogP contribution is 2.24. The first-order valence-corrected chi connectivity index (χ1v) is 8.58. The van der Waals surface area contributed by atoms with Crippen molar-refractivity contribution >= 4 is 23.2 Å². The number of aryl methyl sites for hydroxylation is 2. The summed E-state index contributed by atoms with van der Waals surface area (Å²) >= 11 is 5.92. The maximum absolute atomic E-state index is 12.1. The molecule has 1 N–H and O–H groups in total. The molecule has 5 nitrogen and oxygen atoms in total. The van der Waals surface area contributed by atoms with Crippen LogP contribution in [0.3, 0.4) is 0 Å². The zero-order valence-electron chi connectivity index (χ0n) is 14.6. The summed E-state index contributed by atoms with van der Waals surface area (Å²) in [5, 5.41) is 3.52. The molecule has 3 rings (SSSR count). The first kappa shape index (κ1) is 18.0. The highest BCUT2D eigenvalue weighted by atomic mass is 35.5. The molecule has 3 aromatic rings. The quantitative estimate of drug-likeness (QED) is 0.671. The molecule has 0 aliphatic carbocycles. The van der Waals surface area contributed by atoms with E-state index in [4.69, 9.17) is 20.8 Å². The van der Waals surface area contributed by atoms with Gasteiger partial charge in [0.05, 0.1) is 13.3 Å². The Morgan fingerprint density at radius 3 is 2.69 bits per heavy atom. The van der Waals surface area contributed by atoms with Crippen molar-refractivity contribution in [2.75, 3.05) is 12.4 Å². The van der Waals surface area contributed by atoms with Gasteiger partial charge in [0.1, 0.15) is 5.75 Å². The average Bonchev–Trinajstić information content (AvgIpc) is 3.11. The van der Waals surface area contributed by atoms with Crippen LogP contribution in [0.25, 0.3) is 11.3 Å². The van der Waals surface area contributed by atoms with Gasteiger partial charge in [-0.2, -0.15) is 0 Å². The van der Waals surface area contributed by atoms with Crippen LogP contribution in [0.1, 0.15) is 17.9 Å². The summed E-state index contributed by atoms with van der Waals surface area (Å²) in [5.41, 5.74) is 2.58. The van der Waals surface area contributed by atoms with E-state index >= 15 is 0 Å². The third-order valence-corrected chi connectivity index (χ3v) is 4.19. The summed E-state index contributed by atoms with van der Waals surface area (Å²) in [6.07, 6.45) is 2.37. The van der Waals surface area contributed by atoms with Crippen molar-refractivity contribution in [1.82, 2.24) is 4.98 Å². The molecule has 1 amide bonds. The number of nitrogens with one attached hydrogen (secondary N) is 1. The van der Waals surface area contributed by atoms with Crippen LogP contribution in [0.5, 0.6) is 5.75 Å². The molecule has 134 valence electrons. The lowest BCUT2D eigenvalue weighted by molar-refractivity contribution is -0.116. The van der Waals surface area contributed by atoms with E-state index in [1.54, 1.807) is 25.4 Å². The Balaban J connectivity index is 1.58. The first-order chi connectivity index (χ1) is 12.5. The molecule has 0 atom stereocenters. The molecule has 1 heterocycles. The van der Waals surface area contributed by atoms with Gasteiger partial charge in [0.15, 0.2) is 11.7 Å². The number of hydrogen-bond donors (Lipinski definition) is 1. The fraction of sp³-hybridized carbons (Fsp3) is 0.200. The molecule has 0 saturated heterocycles. The molecule has 0 fully saturated rings. The van der Waals surface area contributed by atoms with Crippen molar-refractivity contribution in [3.05, 3.63) is 65.1 Å². The van der Waals surface area contributed by atoms with E-state index in [-0.39, 0.29) is 12.3 Å². The Labute approximate surface area is 157 Å². The van der Waals surface area contributed by atoms with Crippen LogP contribution in [0.15, 0.2) is 53.1 Å². The van der Waals surface area contributed by atoms with Gasteiger partial charge in [0.25, 0.3) is 0 Å². The molecule has 0 unspecified atom stereocenters. The number of ether oxygens (including phenoxy) is 1. The summed E-state index contributed by atoms with van der Waals surface area (Å²) in [6.45, 7) is 1.90. The normalized spacial score (nSPS) is 10.6. The summed E-state index contributed by atoms with van der Waals surface area (Å²) in [4.78, 5) is 16.4. The van der Waals surface area contributed by atoms with Crippen molar-refractivity contribution < 1.29 is 13.9 Å². The van der Waals surface area contributed by atoms with Gasteiger partial charge in [0, 0.05) is 29.1 Å². The van der Waals surface area contributed by atoms with Gasteiger partial charge in [-0.1, -0.05) is 11.6 Å². The molecule has 1 aromatic heterocycles. The monoisotopic (exact) mass is 370 g/mol. The molecular weight excluding hydrogens is 352 g/mol. The zero-order chi connectivity index (χ0) is 18.5. The van der Waals surface area contributed by atoms with E-state index in [9.17, 15) is 4.79 Å². The van der Waals surface area contributed by atoms with Crippen molar-refractivity contribution in [3.63, 3.8) is 0 Å². The SMILES string of the molecule is COc1ccc(-c2cnc(CCC(=O)Nc3ccc(Cl)cc3C)o2)cc1. The molecule has 0 spiro atoms. The number of nitrogens with zero attached hydrogens (tertiary/aromatic N) is 1. The lowest BCUT2D eigenvalue weighted by Crippen LogP contribution is -2.13. The smallest absolute Gasteiger partial charge is 0.224 e. The lowest BCUT2D eigenvalue weighted by atomic mass is 10.2. The minimum Gasteiger partial charge on any atom is -0.497 e.